The maximum Gasteiger partial charge on any atom is 0.245 e. The van der Waals surface area contributed by atoms with E-state index in [2.05, 4.69) is 28.7 Å². The summed E-state index contributed by atoms with van der Waals surface area (Å²) < 4.78 is 4.89. The van der Waals surface area contributed by atoms with Crippen molar-refractivity contribution in [3.8, 4) is 0 Å². The lowest BCUT2D eigenvalue weighted by atomic mass is 10.1. The van der Waals surface area contributed by atoms with Crippen molar-refractivity contribution in [2.75, 3.05) is 24.7 Å². The minimum atomic E-state index is -0.299. The number of rotatable bonds is 6. The summed E-state index contributed by atoms with van der Waals surface area (Å²) in [6, 6.07) is 8.04. The first-order valence-electron chi connectivity index (χ1n) is 8.23. The summed E-state index contributed by atoms with van der Waals surface area (Å²) in [5.74, 6) is 0.899. The van der Waals surface area contributed by atoms with Crippen molar-refractivity contribution < 1.29 is 14.1 Å². The third kappa shape index (κ3) is 4.63. The molecule has 1 aromatic carbocycles. The Bertz CT molecular complexity index is 788. The highest BCUT2D eigenvalue weighted by Crippen LogP contribution is 2.27. The second-order valence-electron chi connectivity index (χ2n) is 6.19. The molecule has 0 bridgehead atoms. The van der Waals surface area contributed by atoms with Gasteiger partial charge in [-0.05, 0) is 49.4 Å². The van der Waals surface area contributed by atoms with Crippen LogP contribution < -0.4 is 5.32 Å². The molecule has 0 saturated heterocycles. The molecule has 0 unspecified atom stereocenters. The second kappa shape index (κ2) is 7.74. The van der Waals surface area contributed by atoms with Gasteiger partial charge in [0.2, 0.25) is 11.8 Å². The summed E-state index contributed by atoms with van der Waals surface area (Å²) in [6.07, 6.45) is 3.49. The van der Waals surface area contributed by atoms with Crippen molar-refractivity contribution in [2.24, 2.45) is 0 Å². The van der Waals surface area contributed by atoms with Gasteiger partial charge in [0.25, 0.3) is 0 Å². The number of benzene rings is 1. The van der Waals surface area contributed by atoms with Gasteiger partial charge in [-0.25, -0.2) is 0 Å². The minimum Gasteiger partial charge on any atom is -0.360 e. The number of nitrogens with one attached hydrogen (secondary N) is 1. The van der Waals surface area contributed by atoms with E-state index in [1.165, 1.54) is 34.2 Å². The highest BCUT2D eigenvalue weighted by Gasteiger charge is 2.16. The fraction of sp³-hybridized carbons (Fsp3) is 0.389. The Labute approximate surface area is 150 Å². The molecule has 7 heteroatoms. The van der Waals surface area contributed by atoms with Crippen LogP contribution in [0.1, 0.15) is 23.3 Å². The van der Waals surface area contributed by atoms with Crippen LogP contribution >= 0.6 is 11.8 Å². The van der Waals surface area contributed by atoms with Gasteiger partial charge in [-0.2, -0.15) is 0 Å². The lowest BCUT2D eigenvalue weighted by Gasteiger charge is -2.16. The van der Waals surface area contributed by atoms with E-state index in [-0.39, 0.29) is 18.4 Å². The monoisotopic (exact) mass is 359 g/mol. The third-order valence-corrected chi connectivity index (χ3v) is 5.11. The molecule has 1 heterocycles. The number of fused-ring (bicyclic) bond motifs is 1. The molecule has 0 saturated carbocycles. The van der Waals surface area contributed by atoms with Crippen molar-refractivity contribution in [1.82, 2.24) is 10.1 Å². The van der Waals surface area contributed by atoms with E-state index < -0.39 is 0 Å². The summed E-state index contributed by atoms with van der Waals surface area (Å²) in [6.45, 7) is 1.73. The molecule has 1 aromatic heterocycles. The molecule has 0 radical (unpaired) electrons. The van der Waals surface area contributed by atoms with Gasteiger partial charge in [-0.1, -0.05) is 11.2 Å². The molecule has 2 aromatic rings. The molecule has 25 heavy (non-hydrogen) atoms. The number of hydrogen-bond donors (Lipinski definition) is 1. The summed E-state index contributed by atoms with van der Waals surface area (Å²) in [5.41, 5.74) is 2.82. The Balaban J connectivity index is 1.46. The van der Waals surface area contributed by atoms with Gasteiger partial charge < -0.3 is 14.7 Å². The Morgan fingerprint density at radius 1 is 1.28 bits per heavy atom. The number of carbonyl (C=O) groups is 2. The van der Waals surface area contributed by atoms with E-state index in [0.29, 0.717) is 17.3 Å². The van der Waals surface area contributed by atoms with Crippen LogP contribution in [-0.4, -0.2) is 41.2 Å². The van der Waals surface area contributed by atoms with Crippen LogP contribution in [0.2, 0.25) is 0 Å². The molecular formula is C18H21N3O3S. The molecule has 2 amide bonds. The van der Waals surface area contributed by atoms with Gasteiger partial charge in [-0.3, -0.25) is 9.59 Å². The quantitative estimate of drug-likeness (QED) is 0.803. The molecule has 1 N–H and O–H groups in total. The predicted molar refractivity (Wildman–Crippen MR) is 96.7 cm³/mol. The zero-order valence-electron chi connectivity index (χ0n) is 14.4. The highest BCUT2D eigenvalue weighted by molar-refractivity contribution is 8.00. The van der Waals surface area contributed by atoms with Gasteiger partial charge in [0.1, 0.15) is 5.76 Å². The zero-order chi connectivity index (χ0) is 17.8. The van der Waals surface area contributed by atoms with E-state index in [1.807, 2.05) is 0 Å². The number of thioether (sulfide) groups is 1. The summed E-state index contributed by atoms with van der Waals surface area (Å²) >= 11 is 1.51. The summed E-state index contributed by atoms with van der Waals surface area (Å²) in [4.78, 5) is 26.7. The lowest BCUT2D eigenvalue weighted by molar-refractivity contribution is -0.131. The van der Waals surface area contributed by atoms with Gasteiger partial charge in [0, 0.05) is 18.0 Å². The molecule has 0 aliphatic heterocycles. The molecule has 0 spiro atoms. The minimum absolute atomic E-state index is 0.0184. The number of likely N-dealkylation sites (N-methyl/N-ethyl adjacent to an activating group) is 1. The fourth-order valence-electron chi connectivity index (χ4n) is 2.80. The van der Waals surface area contributed by atoms with Crippen LogP contribution in [0.4, 0.5) is 5.82 Å². The Morgan fingerprint density at radius 3 is 2.84 bits per heavy atom. The van der Waals surface area contributed by atoms with Crippen LogP contribution in [0, 0.1) is 6.92 Å². The lowest BCUT2D eigenvalue weighted by Crippen LogP contribution is -2.36. The number of amides is 2. The molecule has 0 fully saturated rings. The number of hydrogen-bond acceptors (Lipinski definition) is 5. The Morgan fingerprint density at radius 2 is 2.08 bits per heavy atom. The average Bonchev–Trinajstić information content (AvgIpc) is 3.20. The number of aryl methyl sites for hydroxylation is 3. The number of carbonyl (C=O) groups excluding carboxylic acids is 2. The van der Waals surface area contributed by atoms with Gasteiger partial charge in [0.05, 0.1) is 12.3 Å². The van der Waals surface area contributed by atoms with Gasteiger partial charge in [-0.15, -0.1) is 11.8 Å². The zero-order valence-corrected chi connectivity index (χ0v) is 15.2. The van der Waals surface area contributed by atoms with E-state index >= 15 is 0 Å². The van der Waals surface area contributed by atoms with Crippen LogP contribution in [0.5, 0.6) is 0 Å². The molecule has 3 rings (SSSR count). The highest BCUT2D eigenvalue weighted by atomic mass is 32.2. The average molecular weight is 359 g/mol. The van der Waals surface area contributed by atoms with Crippen LogP contribution in [0.3, 0.4) is 0 Å². The van der Waals surface area contributed by atoms with Crippen molar-refractivity contribution in [3.63, 3.8) is 0 Å². The number of aromatic nitrogens is 1. The maximum absolute atomic E-state index is 12.2. The fourth-order valence-corrected chi connectivity index (χ4v) is 3.70. The molecule has 132 valence electrons. The molecule has 1 aliphatic carbocycles. The molecular weight excluding hydrogens is 338 g/mol. The molecule has 0 atom stereocenters. The van der Waals surface area contributed by atoms with Crippen LogP contribution in [0.15, 0.2) is 33.7 Å². The largest absolute Gasteiger partial charge is 0.360 e. The van der Waals surface area contributed by atoms with Crippen molar-refractivity contribution >= 4 is 29.4 Å². The topological polar surface area (TPSA) is 75.4 Å². The first kappa shape index (κ1) is 17.5. The Kier molecular flexibility index (Phi) is 5.43. The molecule has 6 nitrogen and oxygen atoms in total. The maximum atomic E-state index is 12.2. The molecule has 1 aliphatic rings. The smallest absolute Gasteiger partial charge is 0.245 e. The van der Waals surface area contributed by atoms with Crippen molar-refractivity contribution in [2.45, 2.75) is 31.1 Å². The van der Waals surface area contributed by atoms with E-state index in [1.54, 1.807) is 20.0 Å². The van der Waals surface area contributed by atoms with E-state index in [0.717, 1.165) is 17.7 Å². The predicted octanol–water partition coefficient (Wildman–Crippen LogP) is 2.66. The first-order valence-corrected chi connectivity index (χ1v) is 9.21. The standard InChI is InChI=1S/C18H21N3O3S/c1-12-8-16(20-24-12)19-17(22)10-21(2)18(23)11-25-15-7-6-13-4-3-5-14(13)9-15/h6-9H,3-5,10-11H2,1-2H3,(H,19,20,22). The first-order chi connectivity index (χ1) is 12.0. The number of nitrogens with zero attached hydrogens (tertiary/aromatic N) is 2. The third-order valence-electron chi connectivity index (χ3n) is 4.13. The SMILES string of the molecule is Cc1cc(NC(=O)CN(C)C(=O)CSc2ccc3c(c2)CCC3)no1. The normalized spacial score (nSPS) is 12.7. The van der Waals surface area contributed by atoms with Gasteiger partial charge in [0.15, 0.2) is 5.82 Å². The Hall–Kier alpha value is -2.28. The summed E-state index contributed by atoms with van der Waals surface area (Å²) in [5, 5.41) is 6.30. The van der Waals surface area contributed by atoms with Crippen LogP contribution in [0.25, 0.3) is 0 Å². The number of anilines is 1. The van der Waals surface area contributed by atoms with Crippen LogP contribution in [-0.2, 0) is 22.4 Å². The second-order valence-corrected chi connectivity index (χ2v) is 7.24. The van der Waals surface area contributed by atoms with Crippen molar-refractivity contribution in [1.29, 1.82) is 0 Å². The summed E-state index contributed by atoms with van der Waals surface area (Å²) in [7, 11) is 1.62. The van der Waals surface area contributed by atoms with Gasteiger partial charge >= 0.3 is 0 Å². The van der Waals surface area contributed by atoms with Crippen molar-refractivity contribution in [3.05, 3.63) is 41.2 Å². The van der Waals surface area contributed by atoms with E-state index in [9.17, 15) is 9.59 Å². The van der Waals surface area contributed by atoms with E-state index in [4.69, 9.17) is 4.52 Å².